The number of furan rings is 1. The number of thiazole rings is 1. The zero-order valence-electron chi connectivity index (χ0n) is 14.9. The van der Waals surface area contributed by atoms with Crippen LogP contribution in [0.2, 0.25) is 0 Å². The molecule has 0 saturated carbocycles. The number of rotatable bonds is 5. The van der Waals surface area contributed by atoms with Crippen LogP contribution in [0.15, 0.2) is 28.2 Å². The molecule has 0 aliphatic carbocycles. The average Bonchev–Trinajstić information content (AvgIpc) is 3.26. The third-order valence-electron chi connectivity index (χ3n) is 4.42. The zero-order valence-corrected chi connectivity index (χ0v) is 17.4. The smallest absolute Gasteiger partial charge is 0.293 e. The summed E-state index contributed by atoms with van der Waals surface area (Å²) in [6.45, 7) is 3.42. The molecule has 27 heavy (non-hydrogen) atoms. The SMILES string of the molecule is CC1CCN(C(=O)Cc2csc(NC(=O)c3ccco3)n2)C(CN)C1.Cl.Cl. The number of hydrogen-bond donors (Lipinski definition) is 2. The van der Waals surface area contributed by atoms with E-state index in [1.165, 1.54) is 17.6 Å². The lowest BCUT2D eigenvalue weighted by molar-refractivity contribution is -0.134. The zero-order chi connectivity index (χ0) is 17.8. The van der Waals surface area contributed by atoms with Crippen molar-refractivity contribution in [3.8, 4) is 0 Å². The number of likely N-dealkylation sites (tertiary alicyclic amines) is 1. The predicted molar refractivity (Wildman–Crippen MR) is 110 cm³/mol. The van der Waals surface area contributed by atoms with Gasteiger partial charge in [-0.1, -0.05) is 6.92 Å². The van der Waals surface area contributed by atoms with Gasteiger partial charge in [-0.3, -0.25) is 14.9 Å². The maximum Gasteiger partial charge on any atom is 0.293 e. The van der Waals surface area contributed by atoms with Crippen LogP contribution >= 0.6 is 36.2 Å². The first kappa shape index (κ1) is 23.4. The minimum absolute atomic E-state index is 0. The van der Waals surface area contributed by atoms with Crippen molar-refractivity contribution >= 4 is 53.1 Å². The van der Waals surface area contributed by atoms with Gasteiger partial charge in [0.2, 0.25) is 5.91 Å². The van der Waals surface area contributed by atoms with Crippen LogP contribution in [0.4, 0.5) is 5.13 Å². The molecule has 0 aromatic carbocycles. The molecule has 3 N–H and O–H groups in total. The molecule has 1 aliphatic heterocycles. The van der Waals surface area contributed by atoms with Crippen molar-refractivity contribution in [2.24, 2.45) is 11.7 Å². The first-order valence-corrected chi connectivity index (χ1v) is 9.23. The number of aromatic nitrogens is 1. The highest BCUT2D eigenvalue weighted by Gasteiger charge is 2.29. The predicted octanol–water partition coefficient (Wildman–Crippen LogP) is 2.96. The summed E-state index contributed by atoms with van der Waals surface area (Å²) >= 11 is 1.29. The number of piperidine rings is 1. The van der Waals surface area contributed by atoms with Crippen LogP contribution in [-0.2, 0) is 11.2 Å². The molecule has 2 amide bonds. The summed E-state index contributed by atoms with van der Waals surface area (Å²) in [5, 5.41) is 4.92. The Kier molecular flexibility index (Phi) is 9.25. The average molecular weight is 435 g/mol. The summed E-state index contributed by atoms with van der Waals surface area (Å²) in [5.74, 6) is 0.503. The minimum atomic E-state index is -0.356. The van der Waals surface area contributed by atoms with Gasteiger partial charge in [-0.15, -0.1) is 36.2 Å². The van der Waals surface area contributed by atoms with Crippen LogP contribution < -0.4 is 11.1 Å². The van der Waals surface area contributed by atoms with Gasteiger partial charge in [-0.05, 0) is 30.9 Å². The van der Waals surface area contributed by atoms with Crippen molar-refractivity contribution in [1.82, 2.24) is 9.88 Å². The van der Waals surface area contributed by atoms with E-state index in [0.29, 0.717) is 23.3 Å². The van der Waals surface area contributed by atoms with E-state index in [1.54, 1.807) is 17.5 Å². The Morgan fingerprint density at radius 3 is 2.89 bits per heavy atom. The second-order valence-corrected chi connectivity index (χ2v) is 7.22. The van der Waals surface area contributed by atoms with Crippen LogP contribution in [0, 0.1) is 5.92 Å². The van der Waals surface area contributed by atoms with Gasteiger partial charge in [0.15, 0.2) is 10.9 Å². The molecule has 0 bridgehead atoms. The van der Waals surface area contributed by atoms with Crippen molar-refractivity contribution in [2.75, 3.05) is 18.4 Å². The molecule has 3 heterocycles. The number of nitrogens with two attached hydrogens (primary N) is 1. The number of nitrogens with one attached hydrogen (secondary N) is 1. The molecule has 1 aliphatic rings. The van der Waals surface area contributed by atoms with Gasteiger partial charge >= 0.3 is 0 Å². The fourth-order valence-corrected chi connectivity index (χ4v) is 3.78. The van der Waals surface area contributed by atoms with Gasteiger partial charge in [0, 0.05) is 24.5 Å². The van der Waals surface area contributed by atoms with Crippen LogP contribution in [-0.4, -0.2) is 40.8 Å². The summed E-state index contributed by atoms with van der Waals surface area (Å²) in [7, 11) is 0. The Bertz CT molecular complexity index is 738. The molecule has 1 fully saturated rings. The molecule has 2 atom stereocenters. The van der Waals surface area contributed by atoms with Crippen LogP contribution in [0.3, 0.4) is 0 Å². The van der Waals surface area contributed by atoms with Gasteiger partial charge in [0.25, 0.3) is 5.91 Å². The second kappa shape index (κ2) is 10.7. The summed E-state index contributed by atoms with van der Waals surface area (Å²) in [4.78, 5) is 30.7. The van der Waals surface area contributed by atoms with E-state index >= 15 is 0 Å². The summed E-state index contributed by atoms with van der Waals surface area (Å²) in [6.07, 6.45) is 3.61. The van der Waals surface area contributed by atoms with Gasteiger partial charge in [-0.25, -0.2) is 4.98 Å². The van der Waals surface area contributed by atoms with Gasteiger partial charge in [-0.2, -0.15) is 0 Å². The molecule has 2 unspecified atom stereocenters. The fourth-order valence-electron chi connectivity index (χ4n) is 3.07. The summed E-state index contributed by atoms with van der Waals surface area (Å²) in [6, 6.07) is 3.33. The lowest BCUT2D eigenvalue weighted by atomic mass is 9.92. The highest BCUT2D eigenvalue weighted by atomic mass is 35.5. The van der Waals surface area contributed by atoms with E-state index in [0.717, 1.165) is 19.4 Å². The molecule has 10 heteroatoms. The molecule has 3 rings (SSSR count). The van der Waals surface area contributed by atoms with Crippen molar-refractivity contribution in [3.05, 3.63) is 35.2 Å². The standard InChI is InChI=1S/C17H22N4O3S.2ClH/c1-11-4-5-21(13(7-11)9-18)15(22)8-12-10-25-17(19-12)20-16(23)14-3-2-6-24-14;;/h2-3,6,10-11,13H,4-5,7-9,18H2,1H3,(H,19,20,23);2*1H. The lowest BCUT2D eigenvalue weighted by Crippen LogP contribution is -2.49. The summed E-state index contributed by atoms with van der Waals surface area (Å²) < 4.78 is 5.04. The monoisotopic (exact) mass is 434 g/mol. The highest BCUT2D eigenvalue weighted by Crippen LogP contribution is 2.23. The van der Waals surface area contributed by atoms with E-state index < -0.39 is 0 Å². The third kappa shape index (κ3) is 5.93. The number of carbonyl (C=O) groups excluding carboxylic acids is 2. The fraction of sp³-hybridized carbons (Fsp3) is 0.471. The van der Waals surface area contributed by atoms with E-state index in [9.17, 15) is 9.59 Å². The largest absolute Gasteiger partial charge is 0.459 e. The Balaban J connectivity index is 0.00000182. The molecule has 150 valence electrons. The summed E-state index contributed by atoms with van der Waals surface area (Å²) in [5.41, 5.74) is 6.48. The number of nitrogens with zero attached hydrogens (tertiary/aromatic N) is 2. The Hall–Kier alpha value is -1.61. The number of amides is 2. The topological polar surface area (TPSA) is 101 Å². The van der Waals surface area contributed by atoms with Crippen molar-refractivity contribution < 1.29 is 14.0 Å². The molecular formula is C17H24Cl2N4O3S. The number of carbonyl (C=O) groups is 2. The quantitative estimate of drug-likeness (QED) is 0.752. The molecule has 1 saturated heterocycles. The van der Waals surface area contributed by atoms with Crippen LogP contribution in [0.1, 0.15) is 36.0 Å². The van der Waals surface area contributed by atoms with Crippen molar-refractivity contribution in [2.45, 2.75) is 32.2 Å². The molecule has 2 aromatic heterocycles. The minimum Gasteiger partial charge on any atom is -0.459 e. The van der Waals surface area contributed by atoms with Gasteiger partial charge in [0.1, 0.15) is 0 Å². The highest BCUT2D eigenvalue weighted by molar-refractivity contribution is 7.14. The van der Waals surface area contributed by atoms with Crippen LogP contribution in [0.5, 0.6) is 0 Å². The molecule has 0 spiro atoms. The first-order chi connectivity index (χ1) is 12.1. The molecular weight excluding hydrogens is 411 g/mol. The second-order valence-electron chi connectivity index (χ2n) is 6.36. The van der Waals surface area contributed by atoms with E-state index in [-0.39, 0.29) is 54.9 Å². The normalized spacial score (nSPS) is 19.0. The molecule has 2 aromatic rings. The molecule has 7 nitrogen and oxygen atoms in total. The Morgan fingerprint density at radius 2 is 2.22 bits per heavy atom. The number of halogens is 2. The van der Waals surface area contributed by atoms with E-state index in [2.05, 4.69) is 17.2 Å². The van der Waals surface area contributed by atoms with Crippen molar-refractivity contribution in [3.63, 3.8) is 0 Å². The first-order valence-electron chi connectivity index (χ1n) is 8.35. The maximum atomic E-state index is 12.6. The van der Waals surface area contributed by atoms with E-state index in [4.69, 9.17) is 10.2 Å². The lowest BCUT2D eigenvalue weighted by Gasteiger charge is -2.38. The third-order valence-corrected chi connectivity index (χ3v) is 5.23. The van der Waals surface area contributed by atoms with Gasteiger partial charge < -0.3 is 15.1 Å². The van der Waals surface area contributed by atoms with Gasteiger partial charge in [0.05, 0.1) is 18.4 Å². The Labute approximate surface area is 174 Å². The number of anilines is 1. The van der Waals surface area contributed by atoms with Crippen LogP contribution in [0.25, 0.3) is 0 Å². The van der Waals surface area contributed by atoms with Crippen molar-refractivity contribution in [1.29, 1.82) is 0 Å². The van der Waals surface area contributed by atoms with E-state index in [1.807, 2.05) is 4.90 Å². The maximum absolute atomic E-state index is 12.6. The number of hydrogen-bond acceptors (Lipinski definition) is 6. The molecule has 0 radical (unpaired) electrons. The Morgan fingerprint density at radius 1 is 1.44 bits per heavy atom.